The van der Waals surface area contributed by atoms with Crippen molar-refractivity contribution in [3.05, 3.63) is 42.6 Å². The van der Waals surface area contributed by atoms with E-state index in [0.717, 1.165) is 44.0 Å². The fourth-order valence-electron chi connectivity index (χ4n) is 4.90. The Balaban J connectivity index is 1.34. The maximum Gasteiger partial charge on any atom is 0.224 e. The van der Waals surface area contributed by atoms with Crippen LogP contribution in [0.15, 0.2) is 36.8 Å². The van der Waals surface area contributed by atoms with Crippen molar-refractivity contribution in [1.29, 1.82) is 0 Å². The molecule has 29 heavy (non-hydrogen) atoms. The van der Waals surface area contributed by atoms with Crippen molar-refractivity contribution in [3.63, 3.8) is 0 Å². The zero-order valence-electron chi connectivity index (χ0n) is 17.3. The Labute approximate surface area is 172 Å². The van der Waals surface area contributed by atoms with E-state index in [2.05, 4.69) is 31.7 Å². The molecule has 0 bridgehead atoms. The van der Waals surface area contributed by atoms with Gasteiger partial charge in [-0.2, -0.15) is 0 Å². The quantitative estimate of drug-likeness (QED) is 0.778. The maximum absolute atomic E-state index is 12.8. The van der Waals surface area contributed by atoms with Crippen LogP contribution in [-0.2, 0) is 22.5 Å². The van der Waals surface area contributed by atoms with Crippen LogP contribution in [0, 0.1) is 11.8 Å². The number of amides is 1. The molecular weight excluding hydrogens is 366 g/mol. The van der Waals surface area contributed by atoms with Crippen LogP contribution in [0.1, 0.15) is 32.0 Å². The lowest BCUT2D eigenvalue weighted by molar-refractivity contribution is -0.130. The molecule has 1 aliphatic carbocycles. The van der Waals surface area contributed by atoms with Crippen LogP contribution in [0.2, 0.25) is 0 Å². The molecule has 156 valence electrons. The van der Waals surface area contributed by atoms with Gasteiger partial charge in [0.25, 0.3) is 0 Å². The van der Waals surface area contributed by atoms with Crippen LogP contribution in [-0.4, -0.2) is 57.7 Å². The van der Waals surface area contributed by atoms with Gasteiger partial charge >= 0.3 is 0 Å². The summed E-state index contributed by atoms with van der Waals surface area (Å²) in [7, 11) is 1.78. The highest BCUT2D eigenvalue weighted by Gasteiger charge is 2.43. The number of nitrogens with one attached hydrogen (secondary N) is 1. The standard InChI is InChI=1S/C22H31N5O2/c1-3-21-24-9-11-26(21)10-7-22(28)27-14-16-12-18(19(29-2)13-17(16)15-27)25-20-6-4-5-8-23-20/h4-6,8-9,11,16-19H,3,7,10,12-15H2,1-2H3,(H,23,25)/t16-,17+,18-,19-/m1/s1. The zero-order valence-corrected chi connectivity index (χ0v) is 17.3. The van der Waals surface area contributed by atoms with Crippen molar-refractivity contribution in [3.8, 4) is 0 Å². The lowest BCUT2D eigenvalue weighted by Crippen LogP contribution is -2.44. The molecule has 2 fully saturated rings. The highest BCUT2D eigenvalue weighted by molar-refractivity contribution is 5.76. The molecule has 7 heteroatoms. The third-order valence-corrected chi connectivity index (χ3v) is 6.46. The molecule has 1 aliphatic heterocycles. The number of rotatable bonds is 7. The number of carbonyl (C=O) groups is 1. The Hall–Kier alpha value is -2.41. The fraction of sp³-hybridized carbons (Fsp3) is 0.591. The van der Waals surface area contributed by atoms with Gasteiger partial charge in [-0.3, -0.25) is 4.79 Å². The molecule has 3 heterocycles. The molecule has 2 aliphatic rings. The normalized spacial score (nSPS) is 26.3. The van der Waals surface area contributed by atoms with E-state index in [1.807, 2.05) is 30.6 Å². The van der Waals surface area contributed by atoms with Crippen molar-refractivity contribution in [1.82, 2.24) is 19.4 Å². The van der Waals surface area contributed by atoms with E-state index in [1.165, 1.54) is 0 Å². The summed E-state index contributed by atoms with van der Waals surface area (Å²) >= 11 is 0. The summed E-state index contributed by atoms with van der Waals surface area (Å²) in [6.07, 6.45) is 9.13. The molecule has 0 unspecified atom stereocenters. The van der Waals surface area contributed by atoms with E-state index in [0.29, 0.717) is 24.8 Å². The molecule has 1 saturated carbocycles. The third-order valence-electron chi connectivity index (χ3n) is 6.46. The first kappa shape index (κ1) is 19.9. The van der Waals surface area contributed by atoms with E-state index in [4.69, 9.17) is 4.74 Å². The van der Waals surface area contributed by atoms with E-state index in [9.17, 15) is 4.79 Å². The number of carbonyl (C=O) groups excluding carboxylic acids is 1. The van der Waals surface area contributed by atoms with Crippen LogP contribution in [0.25, 0.3) is 0 Å². The predicted octanol–water partition coefficient (Wildman–Crippen LogP) is 2.59. The first-order valence-corrected chi connectivity index (χ1v) is 10.7. The van der Waals surface area contributed by atoms with Crippen molar-refractivity contribution in [2.24, 2.45) is 11.8 Å². The van der Waals surface area contributed by atoms with Crippen LogP contribution in [0.3, 0.4) is 0 Å². The van der Waals surface area contributed by atoms with Crippen molar-refractivity contribution in [2.45, 2.75) is 51.3 Å². The highest BCUT2D eigenvalue weighted by Crippen LogP contribution is 2.38. The average Bonchev–Trinajstić information content (AvgIpc) is 3.38. The van der Waals surface area contributed by atoms with Gasteiger partial charge in [0.2, 0.25) is 5.91 Å². The molecule has 2 aromatic rings. The predicted molar refractivity (Wildman–Crippen MR) is 111 cm³/mol. The maximum atomic E-state index is 12.8. The Morgan fingerprint density at radius 3 is 2.76 bits per heavy atom. The fourth-order valence-corrected chi connectivity index (χ4v) is 4.90. The molecule has 7 nitrogen and oxygen atoms in total. The molecule has 4 atom stereocenters. The van der Waals surface area contributed by atoms with E-state index in [-0.39, 0.29) is 18.1 Å². The number of imidazole rings is 1. The van der Waals surface area contributed by atoms with Crippen LogP contribution in [0.5, 0.6) is 0 Å². The molecule has 2 aromatic heterocycles. The summed E-state index contributed by atoms with van der Waals surface area (Å²) in [4.78, 5) is 23.6. The monoisotopic (exact) mass is 397 g/mol. The second-order valence-corrected chi connectivity index (χ2v) is 8.17. The summed E-state index contributed by atoms with van der Waals surface area (Å²) < 4.78 is 7.89. The first-order chi connectivity index (χ1) is 14.2. The van der Waals surface area contributed by atoms with E-state index >= 15 is 0 Å². The average molecular weight is 398 g/mol. The van der Waals surface area contributed by atoms with Gasteiger partial charge in [-0.1, -0.05) is 13.0 Å². The smallest absolute Gasteiger partial charge is 0.224 e. The van der Waals surface area contributed by atoms with E-state index in [1.54, 1.807) is 13.3 Å². The minimum Gasteiger partial charge on any atom is -0.379 e. The van der Waals surface area contributed by atoms with Gasteiger partial charge < -0.3 is 19.5 Å². The Kier molecular flexibility index (Phi) is 6.13. The molecule has 1 amide bonds. The van der Waals surface area contributed by atoms with Crippen molar-refractivity contribution >= 4 is 11.7 Å². The number of fused-ring (bicyclic) bond motifs is 1. The topological polar surface area (TPSA) is 72.3 Å². The van der Waals surface area contributed by atoms with Gasteiger partial charge in [0.05, 0.1) is 12.1 Å². The number of pyridine rings is 1. The lowest BCUT2D eigenvalue weighted by Gasteiger charge is -2.37. The second kappa shape index (κ2) is 8.95. The number of hydrogen-bond donors (Lipinski definition) is 1. The summed E-state index contributed by atoms with van der Waals surface area (Å²) in [6, 6.07) is 6.13. The lowest BCUT2D eigenvalue weighted by atomic mass is 9.77. The molecule has 0 spiro atoms. The van der Waals surface area contributed by atoms with Gasteiger partial charge in [0.15, 0.2) is 0 Å². The Morgan fingerprint density at radius 2 is 2.03 bits per heavy atom. The minimum atomic E-state index is 0.145. The second-order valence-electron chi connectivity index (χ2n) is 8.17. The Bertz CT molecular complexity index is 809. The molecule has 1 saturated heterocycles. The Morgan fingerprint density at radius 1 is 1.21 bits per heavy atom. The summed E-state index contributed by atoms with van der Waals surface area (Å²) in [5.41, 5.74) is 0. The third kappa shape index (κ3) is 4.45. The van der Waals surface area contributed by atoms with Gasteiger partial charge in [-0.15, -0.1) is 0 Å². The number of methoxy groups -OCH3 is 1. The zero-order chi connectivity index (χ0) is 20.2. The summed E-state index contributed by atoms with van der Waals surface area (Å²) in [5, 5.41) is 3.55. The molecular formula is C22H31N5O2. The van der Waals surface area contributed by atoms with Crippen LogP contribution in [0.4, 0.5) is 5.82 Å². The molecule has 1 N–H and O–H groups in total. The van der Waals surface area contributed by atoms with Gasteiger partial charge in [-0.25, -0.2) is 9.97 Å². The van der Waals surface area contributed by atoms with Crippen LogP contribution < -0.4 is 5.32 Å². The van der Waals surface area contributed by atoms with Gasteiger partial charge in [0, 0.05) is 58.2 Å². The number of likely N-dealkylation sites (tertiary alicyclic amines) is 1. The first-order valence-electron chi connectivity index (χ1n) is 10.7. The molecule has 0 aromatic carbocycles. The van der Waals surface area contributed by atoms with Gasteiger partial charge in [0.1, 0.15) is 11.6 Å². The van der Waals surface area contributed by atoms with Gasteiger partial charge in [-0.05, 0) is 36.8 Å². The summed E-state index contributed by atoms with van der Waals surface area (Å²) in [6.45, 7) is 4.50. The summed E-state index contributed by atoms with van der Waals surface area (Å²) in [5.74, 6) is 3.21. The number of anilines is 1. The molecule has 4 rings (SSSR count). The van der Waals surface area contributed by atoms with Crippen LogP contribution >= 0.6 is 0 Å². The number of aromatic nitrogens is 3. The SMILES string of the molecule is CCc1nccn1CCC(=O)N1C[C@H]2C[C@@H](Nc3ccccn3)[C@H](OC)C[C@H]2C1. The highest BCUT2D eigenvalue weighted by atomic mass is 16.5. The van der Waals surface area contributed by atoms with Crippen molar-refractivity contribution < 1.29 is 9.53 Å². The number of aryl methyl sites for hydroxylation is 2. The largest absolute Gasteiger partial charge is 0.379 e. The minimum absolute atomic E-state index is 0.145. The number of hydrogen-bond acceptors (Lipinski definition) is 5. The molecule has 0 radical (unpaired) electrons. The van der Waals surface area contributed by atoms with Crippen molar-refractivity contribution in [2.75, 3.05) is 25.5 Å². The number of ether oxygens (including phenoxy) is 1. The number of nitrogens with zero attached hydrogens (tertiary/aromatic N) is 4. The van der Waals surface area contributed by atoms with E-state index < -0.39 is 0 Å².